The van der Waals surface area contributed by atoms with Crippen LogP contribution >= 0.6 is 11.8 Å². The minimum absolute atomic E-state index is 0.0353. The Morgan fingerprint density at radius 3 is 2.59 bits per heavy atom. The van der Waals surface area contributed by atoms with Crippen molar-refractivity contribution >= 4 is 29.1 Å². The number of ether oxygens (including phenoxy) is 1. The predicted molar refractivity (Wildman–Crippen MR) is 106 cm³/mol. The van der Waals surface area contributed by atoms with Gasteiger partial charge in [0.25, 0.3) is 5.91 Å². The minimum atomic E-state index is -0.312. The number of nitrogens with one attached hydrogen (secondary N) is 1. The van der Waals surface area contributed by atoms with Crippen LogP contribution in [0.15, 0.2) is 76.2 Å². The molecule has 0 bridgehead atoms. The largest absolute Gasteiger partial charge is 0.494 e. The number of amides is 1. The normalized spacial score (nSPS) is 10.4. The maximum Gasteiger partial charge on any atom is 0.291 e. The van der Waals surface area contributed by atoms with Gasteiger partial charge in [-0.1, -0.05) is 6.07 Å². The maximum absolute atomic E-state index is 12.4. The fourth-order valence-corrected chi connectivity index (χ4v) is 3.25. The molecule has 0 unspecified atom stereocenters. The van der Waals surface area contributed by atoms with Gasteiger partial charge in [-0.3, -0.25) is 9.59 Å². The van der Waals surface area contributed by atoms with Crippen LogP contribution in [0.2, 0.25) is 0 Å². The van der Waals surface area contributed by atoms with Gasteiger partial charge in [-0.25, -0.2) is 0 Å². The smallest absolute Gasteiger partial charge is 0.291 e. The van der Waals surface area contributed by atoms with E-state index in [1.165, 1.54) is 18.0 Å². The third-order valence-corrected chi connectivity index (χ3v) is 4.69. The summed E-state index contributed by atoms with van der Waals surface area (Å²) < 4.78 is 10.5. The van der Waals surface area contributed by atoms with Crippen LogP contribution in [0.5, 0.6) is 5.75 Å². The van der Waals surface area contributed by atoms with Crippen molar-refractivity contribution in [3.63, 3.8) is 0 Å². The number of anilines is 1. The molecule has 1 N–H and O–H groups in total. The van der Waals surface area contributed by atoms with Crippen LogP contribution in [0.1, 0.15) is 27.8 Å². The summed E-state index contributed by atoms with van der Waals surface area (Å²) in [6, 6.07) is 17.8. The number of benzene rings is 2. The molecule has 0 fully saturated rings. The monoisotopic (exact) mass is 381 g/mol. The lowest BCUT2D eigenvalue weighted by Gasteiger charge is -2.07. The molecule has 6 heteroatoms. The maximum atomic E-state index is 12.4. The van der Waals surface area contributed by atoms with E-state index in [1.54, 1.807) is 42.5 Å². The molecule has 3 aromatic rings. The molecular weight excluding hydrogens is 362 g/mol. The number of furan rings is 1. The molecule has 0 atom stereocenters. The van der Waals surface area contributed by atoms with E-state index in [0.717, 1.165) is 10.6 Å². The molecule has 27 heavy (non-hydrogen) atoms. The van der Waals surface area contributed by atoms with E-state index >= 15 is 0 Å². The lowest BCUT2D eigenvalue weighted by atomic mass is 10.1. The molecule has 3 rings (SSSR count). The van der Waals surface area contributed by atoms with Crippen LogP contribution in [0, 0.1) is 0 Å². The number of hydrogen-bond donors (Lipinski definition) is 1. The molecule has 1 aromatic heterocycles. The van der Waals surface area contributed by atoms with E-state index < -0.39 is 0 Å². The summed E-state index contributed by atoms with van der Waals surface area (Å²) in [5.74, 6) is 1.03. The Hall–Kier alpha value is -2.99. The Labute approximate surface area is 161 Å². The van der Waals surface area contributed by atoms with Crippen LogP contribution < -0.4 is 10.1 Å². The third kappa shape index (κ3) is 5.24. The molecule has 0 radical (unpaired) electrons. The summed E-state index contributed by atoms with van der Waals surface area (Å²) in [6.45, 7) is 2.51. The summed E-state index contributed by atoms with van der Waals surface area (Å²) in [6.07, 6.45) is 1.45. The zero-order chi connectivity index (χ0) is 19.1. The Morgan fingerprint density at radius 2 is 1.89 bits per heavy atom. The second-order valence-corrected chi connectivity index (χ2v) is 6.68. The number of carbonyl (C=O) groups excluding carboxylic acids is 2. The predicted octanol–water partition coefficient (Wildman–Crippen LogP) is 4.91. The lowest BCUT2D eigenvalue weighted by Crippen LogP contribution is -2.10. The Bertz CT molecular complexity index is 904. The van der Waals surface area contributed by atoms with Gasteiger partial charge in [-0.2, -0.15) is 0 Å². The summed E-state index contributed by atoms with van der Waals surface area (Å²) in [5.41, 5.74) is 1.29. The quantitative estimate of drug-likeness (QED) is 0.444. The SMILES string of the molecule is CCOc1ccc(C(=O)CSc2cccc(NC(=O)c3ccco3)c2)cc1. The van der Waals surface area contributed by atoms with Gasteiger partial charge in [0.15, 0.2) is 11.5 Å². The molecule has 0 saturated heterocycles. The van der Waals surface area contributed by atoms with Gasteiger partial charge < -0.3 is 14.5 Å². The summed E-state index contributed by atoms with van der Waals surface area (Å²) in [7, 11) is 0. The summed E-state index contributed by atoms with van der Waals surface area (Å²) in [4.78, 5) is 25.3. The van der Waals surface area contributed by atoms with Crippen LogP contribution in [0.4, 0.5) is 5.69 Å². The zero-order valence-corrected chi connectivity index (χ0v) is 15.6. The van der Waals surface area contributed by atoms with Gasteiger partial charge >= 0.3 is 0 Å². The van der Waals surface area contributed by atoms with E-state index in [0.29, 0.717) is 23.6 Å². The highest BCUT2D eigenvalue weighted by Gasteiger charge is 2.10. The van der Waals surface area contributed by atoms with Crippen molar-refractivity contribution in [1.29, 1.82) is 0 Å². The van der Waals surface area contributed by atoms with Crippen molar-refractivity contribution < 1.29 is 18.7 Å². The summed E-state index contributed by atoms with van der Waals surface area (Å²) >= 11 is 1.42. The van der Waals surface area contributed by atoms with E-state index in [1.807, 2.05) is 25.1 Å². The minimum Gasteiger partial charge on any atom is -0.494 e. The molecule has 1 heterocycles. The average Bonchev–Trinajstić information content (AvgIpc) is 3.22. The summed E-state index contributed by atoms with van der Waals surface area (Å²) in [5, 5.41) is 2.78. The van der Waals surface area contributed by atoms with Gasteiger partial charge in [-0.15, -0.1) is 11.8 Å². The molecule has 138 valence electrons. The average molecular weight is 381 g/mol. The van der Waals surface area contributed by atoms with Crippen molar-refractivity contribution in [3.05, 3.63) is 78.3 Å². The van der Waals surface area contributed by atoms with Crippen LogP contribution in [-0.2, 0) is 0 Å². The second kappa shape index (κ2) is 9.09. The molecular formula is C21H19NO4S. The van der Waals surface area contributed by atoms with E-state index in [2.05, 4.69) is 5.32 Å². The van der Waals surface area contributed by atoms with Gasteiger partial charge in [0, 0.05) is 16.1 Å². The van der Waals surface area contributed by atoms with E-state index in [-0.39, 0.29) is 17.5 Å². The number of Topliss-reactive ketones (excluding diaryl/α,β-unsaturated/α-hetero) is 1. The zero-order valence-electron chi connectivity index (χ0n) is 14.8. The Morgan fingerprint density at radius 1 is 1.07 bits per heavy atom. The van der Waals surface area contributed by atoms with E-state index in [4.69, 9.17) is 9.15 Å². The fraction of sp³-hybridized carbons (Fsp3) is 0.143. The van der Waals surface area contributed by atoms with Crippen molar-refractivity contribution in [2.75, 3.05) is 17.7 Å². The van der Waals surface area contributed by atoms with Gasteiger partial charge in [0.2, 0.25) is 0 Å². The van der Waals surface area contributed by atoms with Crippen LogP contribution in [0.25, 0.3) is 0 Å². The van der Waals surface area contributed by atoms with E-state index in [9.17, 15) is 9.59 Å². The van der Waals surface area contributed by atoms with Crippen molar-refractivity contribution in [1.82, 2.24) is 0 Å². The molecule has 0 spiro atoms. The molecule has 2 aromatic carbocycles. The van der Waals surface area contributed by atoms with Crippen LogP contribution in [-0.4, -0.2) is 24.1 Å². The first kappa shape index (κ1) is 18.8. The highest BCUT2D eigenvalue weighted by Crippen LogP contribution is 2.23. The number of rotatable bonds is 8. The standard InChI is InChI=1S/C21H19NO4S/c1-2-25-17-10-8-15(9-11-17)19(23)14-27-18-6-3-5-16(13-18)22-21(24)20-7-4-12-26-20/h3-13H,2,14H2,1H3,(H,22,24). The number of ketones is 1. The Balaban J connectivity index is 1.57. The molecule has 5 nitrogen and oxygen atoms in total. The molecule has 0 aliphatic carbocycles. The first-order chi connectivity index (χ1) is 13.2. The number of hydrogen-bond acceptors (Lipinski definition) is 5. The van der Waals surface area contributed by atoms with Crippen molar-refractivity contribution in [2.45, 2.75) is 11.8 Å². The fourth-order valence-electron chi connectivity index (χ4n) is 2.40. The first-order valence-corrected chi connectivity index (χ1v) is 9.48. The highest BCUT2D eigenvalue weighted by atomic mass is 32.2. The molecule has 0 saturated carbocycles. The highest BCUT2D eigenvalue weighted by molar-refractivity contribution is 8.00. The molecule has 1 amide bonds. The second-order valence-electron chi connectivity index (χ2n) is 5.63. The topological polar surface area (TPSA) is 68.5 Å². The lowest BCUT2D eigenvalue weighted by molar-refractivity contribution is 0.0994. The van der Waals surface area contributed by atoms with Gasteiger partial charge in [0.05, 0.1) is 18.6 Å². The van der Waals surface area contributed by atoms with Crippen molar-refractivity contribution in [2.24, 2.45) is 0 Å². The first-order valence-electron chi connectivity index (χ1n) is 8.49. The van der Waals surface area contributed by atoms with Crippen LogP contribution in [0.3, 0.4) is 0 Å². The number of thioether (sulfide) groups is 1. The third-order valence-electron chi connectivity index (χ3n) is 3.69. The molecule has 0 aliphatic heterocycles. The number of carbonyl (C=O) groups is 2. The van der Waals surface area contributed by atoms with Crippen molar-refractivity contribution in [3.8, 4) is 5.75 Å². The molecule has 0 aliphatic rings. The van der Waals surface area contributed by atoms with Gasteiger partial charge in [-0.05, 0) is 61.5 Å². The Kier molecular flexibility index (Phi) is 6.33. The van der Waals surface area contributed by atoms with Gasteiger partial charge in [0.1, 0.15) is 5.75 Å².